The van der Waals surface area contributed by atoms with E-state index in [2.05, 4.69) is 56.2 Å². The molecule has 0 aliphatic heterocycles. The van der Waals surface area contributed by atoms with Crippen molar-refractivity contribution in [1.82, 2.24) is 10.2 Å². The zero-order valence-electron chi connectivity index (χ0n) is 13.7. The Bertz CT molecular complexity index is 393. The van der Waals surface area contributed by atoms with Crippen LogP contribution in [0, 0.1) is 0 Å². The molecule has 0 aliphatic carbocycles. The van der Waals surface area contributed by atoms with E-state index in [0.717, 1.165) is 31.8 Å². The average molecular weight is 278 g/mol. The van der Waals surface area contributed by atoms with Crippen molar-refractivity contribution in [2.45, 2.75) is 52.7 Å². The Kier molecular flexibility index (Phi) is 7.63. The van der Waals surface area contributed by atoms with E-state index in [-0.39, 0.29) is 0 Å². The monoisotopic (exact) mass is 278 g/mol. The molecule has 0 spiro atoms. The van der Waals surface area contributed by atoms with E-state index in [1.54, 1.807) is 7.11 Å². The molecule has 1 unspecified atom stereocenters. The van der Waals surface area contributed by atoms with Gasteiger partial charge in [0.15, 0.2) is 0 Å². The highest BCUT2D eigenvalue weighted by molar-refractivity contribution is 5.37. The quantitative estimate of drug-likeness (QED) is 0.700. The Hall–Kier alpha value is -1.06. The molecule has 1 atom stereocenters. The lowest BCUT2D eigenvalue weighted by atomic mass is 10.1. The van der Waals surface area contributed by atoms with Crippen LogP contribution in [-0.2, 0) is 13.1 Å². The van der Waals surface area contributed by atoms with Crippen LogP contribution in [0.3, 0.4) is 0 Å². The fourth-order valence-corrected chi connectivity index (χ4v) is 2.21. The molecule has 20 heavy (non-hydrogen) atoms. The van der Waals surface area contributed by atoms with Gasteiger partial charge in [-0.2, -0.15) is 0 Å². The third-order valence-electron chi connectivity index (χ3n) is 3.86. The van der Waals surface area contributed by atoms with Gasteiger partial charge in [0.1, 0.15) is 5.75 Å². The number of benzene rings is 1. The molecule has 0 saturated carbocycles. The molecule has 0 heterocycles. The van der Waals surface area contributed by atoms with Crippen LogP contribution in [0.15, 0.2) is 18.2 Å². The first-order chi connectivity index (χ1) is 9.62. The highest BCUT2D eigenvalue weighted by Gasteiger charge is 2.11. The van der Waals surface area contributed by atoms with Crippen molar-refractivity contribution in [3.63, 3.8) is 0 Å². The van der Waals surface area contributed by atoms with E-state index in [1.807, 2.05) is 0 Å². The van der Waals surface area contributed by atoms with Gasteiger partial charge in [0.25, 0.3) is 0 Å². The largest absolute Gasteiger partial charge is 0.496 e. The maximum absolute atomic E-state index is 5.49. The van der Waals surface area contributed by atoms with Crippen LogP contribution in [0.25, 0.3) is 0 Å². The van der Waals surface area contributed by atoms with Gasteiger partial charge in [0.2, 0.25) is 0 Å². The number of methoxy groups -OCH3 is 1. The number of rotatable bonds is 9. The van der Waals surface area contributed by atoms with E-state index in [1.165, 1.54) is 17.5 Å². The SMILES string of the molecule is CCCNCc1ccc(OC)c(CN(C)C(C)CC)c1. The van der Waals surface area contributed by atoms with Gasteiger partial charge in [-0.15, -0.1) is 0 Å². The van der Waals surface area contributed by atoms with E-state index in [0.29, 0.717) is 6.04 Å². The lowest BCUT2D eigenvalue weighted by Gasteiger charge is -2.24. The molecule has 0 aromatic heterocycles. The molecule has 1 rings (SSSR count). The minimum Gasteiger partial charge on any atom is -0.496 e. The number of hydrogen-bond acceptors (Lipinski definition) is 3. The zero-order valence-corrected chi connectivity index (χ0v) is 13.7. The molecular weight excluding hydrogens is 248 g/mol. The van der Waals surface area contributed by atoms with Crippen molar-refractivity contribution in [2.75, 3.05) is 20.7 Å². The summed E-state index contributed by atoms with van der Waals surface area (Å²) in [7, 11) is 3.92. The highest BCUT2D eigenvalue weighted by Crippen LogP contribution is 2.22. The second kappa shape index (κ2) is 8.98. The molecule has 1 aromatic carbocycles. The van der Waals surface area contributed by atoms with Gasteiger partial charge in [-0.05, 0) is 51.1 Å². The summed E-state index contributed by atoms with van der Waals surface area (Å²) in [5.41, 5.74) is 2.60. The minimum atomic E-state index is 0.585. The Labute approximate surface area is 124 Å². The van der Waals surface area contributed by atoms with E-state index >= 15 is 0 Å². The van der Waals surface area contributed by atoms with Crippen LogP contribution in [0.2, 0.25) is 0 Å². The van der Waals surface area contributed by atoms with E-state index in [9.17, 15) is 0 Å². The Morgan fingerprint density at radius 1 is 1.30 bits per heavy atom. The second-order valence-electron chi connectivity index (χ2n) is 5.50. The smallest absolute Gasteiger partial charge is 0.123 e. The summed E-state index contributed by atoms with van der Waals surface area (Å²) in [6.07, 6.45) is 2.33. The molecule has 0 radical (unpaired) electrons. The molecule has 3 heteroatoms. The summed E-state index contributed by atoms with van der Waals surface area (Å²) in [4.78, 5) is 2.38. The number of ether oxygens (including phenoxy) is 1. The van der Waals surface area contributed by atoms with Crippen molar-refractivity contribution < 1.29 is 4.74 Å². The third-order valence-corrected chi connectivity index (χ3v) is 3.86. The summed E-state index contributed by atoms with van der Waals surface area (Å²) in [6.45, 7) is 9.60. The van der Waals surface area contributed by atoms with Crippen molar-refractivity contribution in [3.8, 4) is 5.75 Å². The van der Waals surface area contributed by atoms with Gasteiger partial charge in [0.05, 0.1) is 7.11 Å². The number of nitrogens with one attached hydrogen (secondary N) is 1. The molecule has 0 aliphatic rings. The van der Waals surface area contributed by atoms with Gasteiger partial charge in [-0.3, -0.25) is 4.90 Å². The predicted octanol–water partition coefficient (Wildman–Crippen LogP) is 3.43. The van der Waals surface area contributed by atoms with Crippen LogP contribution in [-0.4, -0.2) is 31.6 Å². The predicted molar refractivity (Wildman–Crippen MR) is 86.2 cm³/mol. The molecule has 114 valence electrons. The lowest BCUT2D eigenvalue weighted by molar-refractivity contribution is 0.240. The number of nitrogens with zero attached hydrogens (tertiary/aromatic N) is 1. The second-order valence-corrected chi connectivity index (χ2v) is 5.50. The molecule has 0 fully saturated rings. The zero-order chi connectivity index (χ0) is 15.0. The van der Waals surface area contributed by atoms with E-state index < -0.39 is 0 Å². The first kappa shape index (κ1) is 17.0. The Balaban J connectivity index is 2.77. The van der Waals surface area contributed by atoms with Gasteiger partial charge in [-0.1, -0.05) is 19.9 Å². The third kappa shape index (κ3) is 5.14. The molecular formula is C17H30N2O. The molecule has 0 amide bonds. The van der Waals surface area contributed by atoms with Crippen LogP contribution in [0.1, 0.15) is 44.7 Å². The normalized spacial score (nSPS) is 12.7. The van der Waals surface area contributed by atoms with Crippen molar-refractivity contribution in [1.29, 1.82) is 0 Å². The standard InChI is InChI=1S/C17H30N2O/c1-6-10-18-12-15-8-9-17(20-5)16(11-15)13-19(4)14(3)7-2/h8-9,11,14,18H,6-7,10,12-13H2,1-5H3. The maximum atomic E-state index is 5.49. The highest BCUT2D eigenvalue weighted by atomic mass is 16.5. The molecule has 1 aromatic rings. The van der Waals surface area contributed by atoms with Crippen molar-refractivity contribution in [3.05, 3.63) is 29.3 Å². The fraction of sp³-hybridized carbons (Fsp3) is 0.647. The number of hydrogen-bond donors (Lipinski definition) is 1. The van der Waals surface area contributed by atoms with Gasteiger partial charge in [0, 0.05) is 24.7 Å². The van der Waals surface area contributed by atoms with Crippen molar-refractivity contribution >= 4 is 0 Å². The van der Waals surface area contributed by atoms with Gasteiger partial charge >= 0.3 is 0 Å². The van der Waals surface area contributed by atoms with Crippen LogP contribution < -0.4 is 10.1 Å². The van der Waals surface area contributed by atoms with Crippen LogP contribution >= 0.6 is 0 Å². The van der Waals surface area contributed by atoms with Gasteiger partial charge in [-0.25, -0.2) is 0 Å². The van der Waals surface area contributed by atoms with Gasteiger partial charge < -0.3 is 10.1 Å². The first-order valence-electron chi connectivity index (χ1n) is 7.69. The minimum absolute atomic E-state index is 0.585. The Morgan fingerprint density at radius 3 is 2.65 bits per heavy atom. The first-order valence-corrected chi connectivity index (χ1v) is 7.69. The molecule has 0 saturated heterocycles. The summed E-state index contributed by atoms with van der Waals surface area (Å²) in [6, 6.07) is 7.08. The van der Waals surface area contributed by atoms with Crippen LogP contribution in [0.5, 0.6) is 5.75 Å². The van der Waals surface area contributed by atoms with Crippen molar-refractivity contribution in [2.24, 2.45) is 0 Å². The Morgan fingerprint density at radius 2 is 2.05 bits per heavy atom. The molecule has 3 nitrogen and oxygen atoms in total. The molecule has 1 N–H and O–H groups in total. The summed E-state index contributed by atoms with van der Waals surface area (Å²) >= 11 is 0. The topological polar surface area (TPSA) is 24.5 Å². The fourth-order valence-electron chi connectivity index (χ4n) is 2.21. The lowest BCUT2D eigenvalue weighted by Crippen LogP contribution is -2.28. The average Bonchev–Trinajstić information content (AvgIpc) is 2.47. The van der Waals surface area contributed by atoms with E-state index in [4.69, 9.17) is 4.74 Å². The summed E-state index contributed by atoms with van der Waals surface area (Å²) in [5, 5.41) is 3.45. The summed E-state index contributed by atoms with van der Waals surface area (Å²) < 4.78 is 5.49. The maximum Gasteiger partial charge on any atom is 0.123 e. The summed E-state index contributed by atoms with van der Waals surface area (Å²) in [5.74, 6) is 0.986. The van der Waals surface area contributed by atoms with Crippen LogP contribution in [0.4, 0.5) is 0 Å². The molecule has 0 bridgehead atoms.